The molecule has 0 saturated carbocycles. The molecule has 19 heavy (non-hydrogen) atoms. The van der Waals surface area contributed by atoms with E-state index in [1.165, 1.54) is 20.2 Å². The van der Waals surface area contributed by atoms with Gasteiger partial charge in [0.05, 0.1) is 17.9 Å². The summed E-state index contributed by atoms with van der Waals surface area (Å²) >= 11 is 0. The second-order valence-corrected chi connectivity index (χ2v) is 4.04. The van der Waals surface area contributed by atoms with Crippen LogP contribution in [0.2, 0.25) is 0 Å². The third-order valence-electron chi connectivity index (χ3n) is 2.69. The standard InChI is InChI=1S/C9H12F6N4/c1-4-3-17-19(2)6(4)5(18-16)7(8(10,11)12)9(13,14)15/h3,5,7,18H,16H2,1-2H3. The summed E-state index contributed by atoms with van der Waals surface area (Å²) in [6.45, 7) is 1.36. The lowest BCUT2D eigenvalue weighted by Gasteiger charge is -2.30. The maximum absolute atomic E-state index is 12.7. The Morgan fingerprint density at radius 2 is 1.68 bits per heavy atom. The van der Waals surface area contributed by atoms with Gasteiger partial charge >= 0.3 is 12.4 Å². The molecule has 0 saturated heterocycles. The molecule has 0 spiro atoms. The van der Waals surface area contributed by atoms with Crippen molar-refractivity contribution >= 4 is 0 Å². The Hall–Kier alpha value is -1.29. The van der Waals surface area contributed by atoms with Crippen LogP contribution in [0.4, 0.5) is 26.3 Å². The van der Waals surface area contributed by atoms with E-state index in [-0.39, 0.29) is 11.3 Å². The van der Waals surface area contributed by atoms with E-state index in [2.05, 4.69) is 5.10 Å². The summed E-state index contributed by atoms with van der Waals surface area (Å²) in [5.74, 6) is 1.29. The fraction of sp³-hybridized carbons (Fsp3) is 0.667. The molecule has 1 aromatic rings. The van der Waals surface area contributed by atoms with E-state index in [9.17, 15) is 26.3 Å². The highest BCUT2D eigenvalue weighted by atomic mass is 19.4. The van der Waals surface area contributed by atoms with Crippen LogP contribution >= 0.6 is 0 Å². The van der Waals surface area contributed by atoms with E-state index in [1.807, 2.05) is 0 Å². The van der Waals surface area contributed by atoms with Crippen LogP contribution in [0.5, 0.6) is 0 Å². The summed E-state index contributed by atoms with van der Waals surface area (Å²) in [7, 11) is 1.25. The Bertz CT molecular complexity index is 401. The summed E-state index contributed by atoms with van der Waals surface area (Å²) < 4.78 is 76.9. The minimum atomic E-state index is -5.48. The first-order chi connectivity index (χ1) is 8.50. The van der Waals surface area contributed by atoms with E-state index in [0.717, 1.165) is 4.68 Å². The molecule has 0 aliphatic heterocycles. The van der Waals surface area contributed by atoms with Gasteiger partial charge in [0.1, 0.15) is 0 Å². The Balaban J connectivity index is 3.34. The van der Waals surface area contributed by atoms with Crippen molar-refractivity contribution < 1.29 is 26.3 Å². The Morgan fingerprint density at radius 1 is 1.21 bits per heavy atom. The zero-order valence-corrected chi connectivity index (χ0v) is 9.97. The first-order valence-corrected chi connectivity index (χ1v) is 5.08. The van der Waals surface area contributed by atoms with Crippen molar-refractivity contribution in [1.82, 2.24) is 15.2 Å². The second-order valence-electron chi connectivity index (χ2n) is 4.04. The molecular formula is C9H12F6N4. The molecule has 0 aliphatic rings. The number of hydrazine groups is 1. The lowest BCUT2D eigenvalue weighted by molar-refractivity contribution is -0.293. The average molecular weight is 290 g/mol. The molecule has 1 heterocycles. The molecule has 0 aromatic carbocycles. The molecule has 0 bridgehead atoms. The largest absolute Gasteiger partial charge is 0.402 e. The highest BCUT2D eigenvalue weighted by molar-refractivity contribution is 5.21. The van der Waals surface area contributed by atoms with Crippen molar-refractivity contribution in [2.75, 3.05) is 0 Å². The van der Waals surface area contributed by atoms with Crippen LogP contribution < -0.4 is 11.3 Å². The number of hydrogen-bond donors (Lipinski definition) is 2. The van der Waals surface area contributed by atoms with Crippen LogP contribution in [-0.4, -0.2) is 22.1 Å². The van der Waals surface area contributed by atoms with E-state index in [0.29, 0.717) is 0 Å². The number of alkyl halides is 6. The van der Waals surface area contributed by atoms with Crippen molar-refractivity contribution in [3.63, 3.8) is 0 Å². The zero-order valence-electron chi connectivity index (χ0n) is 9.97. The highest BCUT2D eigenvalue weighted by Crippen LogP contribution is 2.46. The third kappa shape index (κ3) is 3.18. The predicted octanol–water partition coefficient (Wildman–Crippen LogP) is 1.97. The van der Waals surface area contributed by atoms with Gasteiger partial charge < -0.3 is 0 Å². The van der Waals surface area contributed by atoms with Gasteiger partial charge in [0.2, 0.25) is 0 Å². The number of aromatic nitrogens is 2. The lowest BCUT2D eigenvalue weighted by Crippen LogP contribution is -2.48. The van der Waals surface area contributed by atoms with Crippen molar-refractivity contribution in [2.24, 2.45) is 18.8 Å². The van der Waals surface area contributed by atoms with Gasteiger partial charge in [-0.2, -0.15) is 31.4 Å². The number of aryl methyl sites for hydroxylation is 2. The molecule has 0 radical (unpaired) electrons. The Labute approximate surface area is 104 Å². The molecule has 0 amide bonds. The molecule has 1 unspecified atom stereocenters. The average Bonchev–Trinajstić information content (AvgIpc) is 2.51. The van der Waals surface area contributed by atoms with E-state index in [1.54, 1.807) is 5.43 Å². The maximum Gasteiger partial charge on any atom is 0.402 e. The van der Waals surface area contributed by atoms with Gasteiger partial charge in [-0.3, -0.25) is 16.0 Å². The van der Waals surface area contributed by atoms with Crippen LogP contribution in [0.25, 0.3) is 0 Å². The van der Waals surface area contributed by atoms with E-state index >= 15 is 0 Å². The summed E-state index contributed by atoms with van der Waals surface area (Å²) in [5, 5.41) is 3.62. The maximum atomic E-state index is 12.7. The van der Waals surface area contributed by atoms with Crippen LogP contribution in [0.3, 0.4) is 0 Å². The number of nitrogens with two attached hydrogens (primary N) is 1. The molecule has 0 aliphatic carbocycles. The first kappa shape index (κ1) is 15.8. The number of nitrogens with zero attached hydrogens (tertiary/aromatic N) is 2. The van der Waals surface area contributed by atoms with Gasteiger partial charge in [-0.1, -0.05) is 0 Å². The minimum Gasteiger partial charge on any atom is -0.271 e. The van der Waals surface area contributed by atoms with Crippen molar-refractivity contribution in [3.8, 4) is 0 Å². The number of halogens is 6. The van der Waals surface area contributed by atoms with Crippen LogP contribution in [0.1, 0.15) is 17.3 Å². The van der Waals surface area contributed by atoms with E-state index < -0.39 is 24.3 Å². The summed E-state index contributed by atoms with van der Waals surface area (Å²) in [4.78, 5) is 0. The molecule has 4 nitrogen and oxygen atoms in total. The fourth-order valence-corrected chi connectivity index (χ4v) is 1.90. The van der Waals surface area contributed by atoms with Gasteiger partial charge in [-0.05, 0) is 12.5 Å². The van der Waals surface area contributed by atoms with Crippen LogP contribution in [-0.2, 0) is 7.05 Å². The fourth-order valence-electron chi connectivity index (χ4n) is 1.90. The Morgan fingerprint density at radius 3 is 1.95 bits per heavy atom. The van der Waals surface area contributed by atoms with Gasteiger partial charge in [-0.15, -0.1) is 0 Å². The zero-order chi connectivity index (χ0) is 15.0. The van der Waals surface area contributed by atoms with Crippen molar-refractivity contribution in [3.05, 3.63) is 17.5 Å². The molecule has 1 rings (SSSR count). The summed E-state index contributed by atoms with van der Waals surface area (Å²) in [5.41, 5.74) is 1.52. The van der Waals surface area contributed by atoms with Crippen molar-refractivity contribution in [1.29, 1.82) is 0 Å². The van der Waals surface area contributed by atoms with Gasteiger partial charge in [0.25, 0.3) is 0 Å². The monoisotopic (exact) mass is 290 g/mol. The van der Waals surface area contributed by atoms with Gasteiger partial charge in [-0.25, -0.2) is 0 Å². The molecular weight excluding hydrogens is 278 g/mol. The molecule has 3 N–H and O–H groups in total. The van der Waals surface area contributed by atoms with Gasteiger partial charge in [0.15, 0.2) is 5.92 Å². The lowest BCUT2D eigenvalue weighted by atomic mass is 9.94. The first-order valence-electron chi connectivity index (χ1n) is 5.08. The highest BCUT2D eigenvalue weighted by Gasteiger charge is 2.61. The van der Waals surface area contributed by atoms with Gasteiger partial charge in [0, 0.05) is 7.05 Å². The number of rotatable bonds is 3. The Kier molecular flexibility index (Phi) is 4.15. The quantitative estimate of drug-likeness (QED) is 0.508. The summed E-state index contributed by atoms with van der Waals surface area (Å²) in [6, 6.07) is -2.16. The normalized spacial score (nSPS) is 15.1. The molecule has 1 atom stereocenters. The topological polar surface area (TPSA) is 55.9 Å². The minimum absolute atomic E-state index is 0.184. The number of nitrogens with one attached hydrogen (secondary N) is 1. The molecule has 0 fully saturated rings. The predicted molar refractivity (Wildman–Crippen MR) is 53.6 cm³/mol. The third-order valence-corrected chi connectivity index (χ3v) is 2.69. The number of hydrogen-bond acceptors (Lipinski definition) is 3. The van der Waals surface area contributed by atoms with Crippen LogP contribution in [0.15, 0.2) is 6.20 Å². The van der Waals surface area contributed by atoms with Crippen molar-refractivity contribution in [2.45, 2.75) is 25.3 Å². The molecule has 110 valence electrons. The summed E-state index contributed by atoms with van der Waals surface area (Å²) in [6.07, 6.45) is -9.79. The molecule has 1 aromatic heterocycles. The van der Waals surface area contributed by atoms with Crippen LogP contribution in [0, 0.1) is 12.8 Å². The second kappa shape index (κ2) is 5.00. The van der Waals surface area contributed by atoms with E-state index in [4.69, 9.17) is 5.84 Å². The molecule has 10 heteroatoms. The smallest absolute Gasteiger partial charge is 0.271 e. The SMILES string of the molecule is Cc1cnn(C)c1C(NN)C(C(F)(F)F)C(F)(F)F.